The van der Waals surface area contributed by atoms with Gasteiger partial charge in [-0.05, 0) is 38.3 Å². The summed E-state index contributed by atoms with van der Waals surface area (Å²) < 4.78 is 28.2. The average Bonchev–Trinajstić information content (AvgIpc) is 2.98. The second-order valence-corrected chi connectivity index (χ2v) is 6.28. The molecule has 0 radical (unpaired) electrons. The number of anilines is 1. The van der Waals surface area contributed by atoms with Crippen LogP contribution in [0.2, 0.25) is 0 Å². The van der Waals surface area contributed by atoms with E-state index in [1.54, 1.807) is 11.4 Å². The summed E-state index contributed by atoms with van der Waals surface area (Å²) in [5, 5.41) is 1.81. The molecular formula is C18H19ClF2N4. The molecule has 3 heterocycles. The lowest BCUT2D eigenvalue weighted by atomic mass is 10.1. The molecule has 1 aromatic heterocycles. The molecule has 1 fully saturated rings. The zero-order chi connectivity index (χ0) is 16.7. The minimum Gasteiger partial charge on any atom is -1.00 e. The number of benzene rings is 1. The highest BCUT2D eigenvalue weighted by Gasteiger charge is 2.31. The zero-order valence-corrected chi connectivity index (χ0v) is 14.7. The van der Waals surface area contributed by atoms with Crippen LogP contribution in [0, 0.1) is 18.6 Å². The third-order valence-corrected chi connectivity index (χ3v) is 4.57. The van der Waals surface area contributed by atoms with Gasteiger partial charge in [0.25, 0.3) is 0 Å². The summed E-state index contributed by atoms with van der Waals surface area (Å²) in [5.74, 6) is 0.429. The highest BCUT2D eigenvalue weighted by molar-refractivity contribution is 5.86. The Labute approximate surface area is 151 Å². The number of nitrogens with two attached hydrogens (primary N) is 1. The van der Waals surface area contributed by atoms with Crippen LogP contribution in [0.5, 0.6) is 0 Å². The second kappa shape index (κ2) is 7.06. The van der Waals surface area contributed by atoms with Crippen LogP contribution in [0.4, 0.5) is 20.3 Å². The van der Waals surface area contributed by atoms with Crippen molar-refractivity contribution in [3.05, 3.63) is 46.9 Å². The molecule has 2 aliphatic heterocycles. The third kappa shape index (κ3) is 3.24. The number of aryl methyl sites for hydroxylation is 1. The van der Waals surface area contributed by atoms with Gasteiger partial charge in [-0.25, -0.2) is 18.7 Å². The molecule has 1 saturated heterocycles. The van der Waals surface area contributed by atoms with Gasteiger partial charge in [0.05, 0.1) is 0 Å². The van der Waals surface area contributed by atoms with Gasteiger partial charge in [0.15, 0.2) is 5.82 Å². The van der Waals surface area contributed by atoms with Crippen molar-refractivity contribution < 1.29 is 26.5 Å². The number of hydrogen-bond acceptors (Lipinski definition) is 3. The van der Waals surface area contributed by atoms with Gasteiger partial charge in [0.1, 0.15) is 34.4 Å². The van der Waals surface area contributed by atoms with Crippen molar-refractivity contribution >= 4 is 23.3 Å². The Kier molecular flexibility index (Phi) is 5.01. The van der Waals surface area contributed by atoms with Crippen LogP contribution in [0.1, 0.15) is 36.3 Å². The summed E-state index contributed by atoms with van der Waals surface area (Å²) in [6.45, 7) is 3.77. The fourth-order valence-electron chi connectivity index (χ4n) is 3.45. The molecule has 2 aromatic rings. The number of aromatic nitrogens is 2. The van der Waals surface area contributed by atoms with E-state index in [1.165, 1.54) is 24.6 Å². The van der Waals surface area contributed by atoms with Crippen LogP contribution in [-0.2, 0) is 0 Å². The van der Waals surface area contributed by atoms with E-state index in [1.807, 2.05) is 6.92 Å². The van der Waals surface area contributed by atoms with E-state index in [4.69, 9.17) is 0 Å². The molecule has 7 heteroatoms. The van der Waals surface area contributed by atoms with E-state index in [2.05, 4.69) is 14.9 Å². The zero-order valence-electron chi connectivity index (χ0n) is 13.9. The fraction of sp³-hybridized carbons (Fsp3) is 0.333. The smallest absolute Gasteiger partial charge is 0.203 e. The lowest BCUT2D eigenvalue weighted by molar-refractivity contribution is -0.464. The van der Waals surface area contributed by atoms with E-state index in [-0.39, 0.29) is 18.0 Å². The number of rotatable bonds is 2. The molecule has 0 bridgehead atoms. The number of quaternary nitrogens is 1. The average molecular weight is 365 g/mol. The number of fused-ring (bicyclic) bond motifs is 1. The topological polar surface area (TPSA) is 45.6 Å². The Morgan fingerprint density at radius 3 is 2.40 bits per heavy atom. The van der Waals surface area contributed by atoms with Crippen molar-refractivity contribution in [1.29, 1.82) is 0 Å². The molecule has 0 amide bonds. The van der Waals surface area contributed by atoms with E-state index < -0.39 is 11.6 Å². The first kappa shape index (κ1) is 17.8. The van der Waals surface area contributed by atoms with Gasteiger partial charge in [-0.3, -0.25) is 5.32 Å². The summed E-state index contributed by atoms with van der Waals surface area (Å²) in [4.78, 5) is 11.3. The van der Waals surface area contributed by atoms with Crippen LogP contribution < -0.4 is 22.6 Å². The summed E-state index contributed by atoms with van der Waals surface area (Å²) in [5.41, 5.74) is 2.11. The molecule has 0 spiro atoms. The monoisotopic (exact) mass is 364 g/mol. The van der Waals surface area contributed by atoms with Crippen LogP contribution in [-0.4, -0.2) is 23.1 Å². The van der Waals surface area contributed by atoms with Crippen LogP contribution in [0.25, 0.3) is 11.8 Å². The van der Waals surface area contributed by atoms with Crippen molar-refractivity contribution in [3.8, 4) is 0 Å². The summed E-state index contributed by atoms with van der Waals surface area (Å²) in [7, 11) is 0. The Morgan fingerprint density at radius 2 is 1.72 bits per heavy atom. The molecule has 0 saturated carbocycles. The molecule has 4 nitrogen and oxygen atoms in total. The lowest BCUT2D eigenvalue weighted by Gasteiger charge is -2.28. The Bertz CT molecular complexity index is 812. The number of hydrogen-bond donors (Lipinski definition) is 1. The summed E-state index contributed by atoms with van der Waals surface area (Å²) in [6, 6.07) is 3.93. The number of halogens is 3. The molecule has 2 aliphatic rings. The van der Waals surface area contributed by atoms with Gasteiger partial charge in [-0.2, -0.15) is 0 Å². The van der Waals surface area contributed by atoms with Gasteiger partial charge in [-0.15, -0.1) is 0 Å². The Morgan fingerprint density at radius 1 is 1.04 bits per heavy atom. The van der Waals surface area contributed by atoms with Crippen molar-refractivity contribution in [2.45, 2.75) is 26.2 Å². The van der Waals surface area contributed by atoms with E-state index in [0.29, 0.717) is 11.5 Å². The maximum Gasteiger partial charge on any atom is 0.203 e. The number of nitrogens with zero attached hydrogens (tertiary/aromatic N) is 3. The van der Waals surface area contributed by atoms with Gasteiger partial charge in [0, 0.05) is 19.2 Å². The molecule has 0 atom stereocenters. The third-order valence-electron chi connectivity index (χ3n) is 4.57. The van der Waals surface area contributed by atoms with Gasteiger partial charge in [0.2, 0.25) is 5.69 Å². The first-order chi connectivity index (χ1) is 11.6. The van der Waals surface area contributed by atoms with E-state index in [9.17, 15) is 8.78 Å². The maximum absolute atomic E-state index is 14.1. The molecular weight excluding hydrogens is 346 g/mol. The fourth-order valence-corrected chi connectivity index (χ4v) is 3.45. The molecule has 0 unspecified atom stereocenters. The minimum absolute atomic E-state index is 0. The molecule has 25 heavy (non-hydrogen) atoms. The summed E-state index contributed by atoms with van der Waals surface area (Å²) >= 11 is 0. The van der Waals surface area contributed by atoms with Crippen molar-refractivity contribution in [1.82, 2.24) is 9.97 Å². The van der Waals surface area contributed by atoms with Crippen molar-refractivity contribution in [3.63, 3.8) is 0 Å². The highest BCUT2D eigenvalue weighted by Crippen LogP contribution is 2.32. The van der Waals surface area contributed by atoms with Crippen molar-refractivity contribution in [2.75, 3.05) is 18.0 Å². The minimum atomic E-state index is -0.561. The van der Waals surface area contributed by atoms with Crippen molar-refractivity contribution in [2.24, 2.45) is 0 Å². The predicted molar refractivity (Wildman–Crippen MR) is 88.6 cm³/mol. The summed E-state index contributed by atoms with van der Waals surface area (Å²) in [6.07, 6.45) is 5.26. The van der Waals surface area contributed by atoms with Gasteiger partial charge >= 0.3 is 0 Å². The predicted octanol–water partition coefficient (Wildman–Crippen LogP) is -0.236. The first-order valence-electron chi connectivity index (χ1n) is 8.28. The molecule has 1 aromatic carbocycles. The van der Waals surface area contributed by atoms with Crippen LogP contribution in [0.3, 0.4) is 0 Å². The molecule has 0 aliphatic carbocycles. The SMILES string of the molecule is Cc1nc2c(c(N3CCCCC3)n1)[NH2+]C(c1c(F)cccc1F)=C2.[Cl-]. The Balaban J connectivity index is 0.00000182. The largest absolute Gasteiger partial charge is 1.00 e. The molecule has 132 valence electrons. The first-order valence-corrected chi connectivity index (χ1v) is 8.28. The quantitative estimate of drug-likeness (QED) is 0.800. The van der Waals surface area contributed by atoms with Crippen LogP contribution >= 0.6 is 0 Å². The van der Waals surface area contributed by atoms with Gasteiger partial charge in [-0.1, -0.05) is 6.07 Å². The Hall–Kier alpha value is -2.05. The van der Waals surface area contributed by atoms with Gasteiger partial charge < -0.3 is 17.3 Å². The molecule has 4 rings (SSSR count). The normalized spacial score (nSPS) is 16.3. The standard InChI is InChI=1S/C18H18F2N4.ClH/c1-11-21-15-10-14(16-12(19)6-5-7-13(16)20)23-17(15)18(22-11)24-8-3-2-4-9-24;/h5-7,10,23H,2-4,8-9H2,1H3;1H. The highest BCUT2D eigenvalue weighted by atomic mass is 35.5. The van der Waals surface area contributed by atoms with E-state index in [0.717, 1.165) is 43.1 Å². The van der Waals surface area contributed by atoms with E-state index >= 15 is 0 Å². The molecule has 2 N–H and O–H groups in total. The lowest BCUT2D eigenvalue weighted by Crippen LogP contribution is -3.00. The number of piperidine rings is 1. The maximum atomic E-state index is 14.1. The second-order valence-electron chi connectivity index (χ2n) is 6.28. The van der Waals surface area contributed by atoms with Crippen LogP contribution in [0.15, 0.2) is 18.2 Å².